The monoisotopic (exact) mass is 309 g/mol. The van der Waals surface area contributed by atoms with Crippen molar-refractivity contribution in [1.82, 2.24) is 9.80 Å². The first kappa shape index (κ1) is 16.2. The summed E-state index contributed by atoms with van der Waals surface area (Å²) in [6, 6.07) is 0.542. The van der Waals surface area contributed by atoms with E-state index in [0.29, 0.717) is 6.04 Å². The zero-order chi connectivity index (χ0) is 16.1. The summed E-state index contributed by atoms with van der Waals surface area (Å²) in [5.74, 6) is 0.333. The van der Waals surface area contributed by atoms with E-state index in [2.05, 4.69) is 32.6 Å². The minimum atomic E-state index is -0.752. The Hall–Kier alpha value is -0.650. The van der Waals surface area contributed by atoms with Crippen molar-refractivity contribution in [3.8, 4) is 0 Å². The van der Waals surface area contributed by atoms with Crippen LogP contribution in [-0.4, -0.2) is 66.2 Å². The second kappa shape index (κ2) is 5.46. The van der Waals surface area contributed by atoms with E-state index in [9.17, 15) is 4.79 Å². The first-order chi connectivity index (χ1) is 10.3. The van der Waals surface area contributed by atoms with Gasteiger partial charge >= 0.3 is 0 Å². The van der Waals surface area contributed by atoms with Crippen LogP contribution < -0.4 is 5.73 Å². The van der Waals surface area contributed by atoms with Crippen molar-refractivity contribution in [3.05, 3.63) is 0 Å². The maximum Gasteiger partial charge on any atom is 0.243 e. The third-order valence-electron chi connectivity index (χ3n) is 6.37. The fourth-order valence-electron chi connectivity index (χ4n) is 4.71. The van der Waals surface area contributed by atoms with E-state index in [4.69, 9.17) is 10.5 Å². The molecular weight excluding hydrogens is 278 g/mol. The van der Waals surface area contributed by atoms with Gasteiger partial charge in [-0.05, 0) is 26.7 Å². The SMILES string of the molecule is CC(C)N1CCN(C(=O)C2(N)C3CCCOC3C2(C)C)CC1. The second-order valence-corrected chi connectivity index (χ2v) is 8.05. The molecule has 3 atom stereocenters. The van der Waals surface area contributed by atoms with Gasteiger partial charge in [-0.3, -0.25) is 9.69 Å². The van der Waals surface area contributed by atoms with Crippen LogP contribution in [0.15, 0.2) is 0 Å². The lowest BCUT2D eigenvalue weighted by Gasteiger charge is -2.66. The van der Waals surface area contributed by atoms with E-state index in [1.54, 1.807) is 0 Å². The minimum absolute atomic E-state index is 0.146. The van der Waals surface area contributed by atoms with Crippen LogP contribution in [0, 0.1) is 11.3 Å². The molecule has 2 heterocycles. The van der Waals surface area contributed by atoms with E-state index < -0.39 is 5.54 Å². The highest BCUT2D eigenvalue weighted by atomic mass is 16.5. The van der Waals surface area contributed by atoms with Crippen LogP contribution in [-0.2, 0) is 9.53 Å². The molecule has 3 rings (SSSR count). The number of nitrogens with zero attached hydrogens (tertiary/aromatic N) is 2. The number of carbonyl (C=O) groups excluding carboxylic acids is 1. The number of amides is 1. The predicted molar refractivity (Wildman–Crippen MR) is 86.5 cm³/mol. The standard InChI is InChI=1S/C17H31N3O2/c1-12(2)19-7-9-20(10-8-19)15(21)17(18)13-6-5-11-22-14(13)16(17,3)4/h12-14H,5-11,18H2,1-4H3. The van der Waals surface area contributed by atoms with Gasteiger partial charge < -0.3 is 15.4 Å². The van der Waals surface area contributed by atoms with E-state index in [-0.39, 0.29) is 23.3 Å². The fourth-order valence-corrected chi connectivity index (χ4v) is 4.71. The number of rotatable bonds is 2. The molecule has 22 heavy (non-hydrogen) atoms. The van der Waals surface area contributed by atoms with Gasteiger partial charge in [0, 0.05) is 50.2 Å². The highest BCUT2D eigenvalue weighted by Gasteiger charge is 2.70. The molecule has 3 fully saturated rings. The molecule has 0 aromatic rings. The summed E-state index contributed by atoms with van der Waals surface area (Å²) < 4.78 is 5.91. The van der Waals surface area contributed by atoms with Crippen LogP contribution in [0.3, 0.4) is 0 Å². The lowest BCUT2D eigenvalue weighted by molar-refractivity contribution is -0.230. The smallest absolute Gasteiger partial charge is 0.243 e. The lowest BCUT2D eigenvalue weighted by Crippen LogP contribution is -2.82. The molecule has 3 unspecified atom stereocenters. The molecule has 5 heteroatoms. The van der Waals surface area contributed by atoms with Gasteiger partial charge in [0.05, 0.1) is 6.10 Å². The molecular formula is C17H31N3O2. The molecule has 2 N–H and O–H groups in total. The van der Waals surface area contributed by atoms with Gasteiger partial charge in [0.15, 0.2) is 0 Å². The third-order valence-corrected chi connectivity index (χ3v) is 6.37. The molecule has 0 aromatic carbocycles. The Balaban J connectivity index is 1.72. The highest BCUT2D eigenvalue weighted by molar-refractivity contribution is 5.89. The van der Waals surface area contributed by atoms with Crippen molar-refractivity contribution in [1.29, 1.82) is 0 Å². The van der Waals surface area contributed by atoms with Crippen LogP contribution in [0.4, 0.5) is 0 Å². The summed E-state index contributed by atoms with van der Waals surface area (Å²) in [6.07, 6.45) is 2.18. The van der Waals surface area contributed by atoms with Crippen LogP contribution >= 0.6 is 0 Å². The Labute approximate surface area is 134 Å². The maximum absolute atomic E-state index is 13.2. The Morgan fingerprint density at radius 3 is 2.45 bits per heavy atom. The number of piperazine rings is 1. The Morgan fingerprint density at radius 1 is 1.23 bits per heavy atom. The average molecular weight is 309 g/mol. The first-order valence-corrected chi connectivity index (χ1v) is 8.74. The molecule has 0 radical (unpaired) electrons. The van der Waals surface area contributed by atoms with E-state index in [1.807, 2.05) is 4.90 Å². The molecule has 0 spiro atoms. The number of nitrogens with two attached hydrogens (primary N) is 1. The summed E-state index contributed by atoms with van der Waals surface area (Å²) in [4.78, 5) is 17.6. The molecule has 0 bridgehead atoms. The Kier molecular flexibility index (Phi) is 4.03. The van der Waals surface area contributed by atoms with Crippen molar-refractivity contribution in [2.45, 2.75) is 58.2 Å². The van der Waals surface area contributed by atoms with E-state index in [1.165, 1.54) is 0 Å². The highest BCUT2D eigenvalue weighted by Crippen LogP contribution is 2.57. The summed E-state index contributed by atoms with van der Waals surface area (Å²) in [5, 5.41) is 0. The van der Waals surface area contributed by atoms with Gasteiger partial charge in [-0.1, -0.05) is 13.8 Å². The number of hydrogen-bond donors (Lipinski definition) is 1. The molecule has 126 valence electrons. The van der Waals surface area contributed by atoms with Crippen LogP contribution in [0.2, 0.25) is 0 Å². The third kappa shape index (κ3) is 2.13. The van der Waals surface area contributed by atoms with Gasteiger partial charge in [-0.25, -0.2) is 0 Å². The molecule has 5 nitrogen and oxygen atoms in total. The number of fused-ring (bicyclic) bond motifs is 1. The number of carbonyl (C=O) groups is 1. The fraction of sp³-hybridized carbons (Fsp3) is 0.941. The zero-order valence-electron chi connectivity index (χ0n) is 14.5. The number of hydrogen-bond acceptors (Lipinski definition) is 4. The van der Waals surface area contributed by atoms with Gasteiger partial charge in [0.2, 0.25) is 5.91 Å². The van der Waals surface area contributed by atoms with Gasteiger partial charge in [-0.2, -0.15) is 0 Å². The predicted octanol–water partition coefficient (Wildman–Crippen LogP) is 1.07. The zero-order valence-corrected chi connectivity index (χ0v) is 14.5. The molecule has 0 aromatic heterocycles. The molecule has 1 amide bonds. The quantitative estimate of drug-likeness (QED) is 0.829. The van der Waals surface area contributed by atoms with Crippen LogP contribution in [0.25, 0.3) is 0 Å². The summed E-state index contributed by atoms with van der Waals surface area (Å²) in [6.45, 7) is 12.9. The normalized spacial score (nSPS) is 38.5. The molecule has 3 aliphatic rings. The largest absolute Gasteiger partial charge is 0.377 e. The van der Waals surface area contributed by atoms with Crippen molar-refractivity contribution >= 4 is 5.91 Å². The molecule has 1 saturated carbocycles. The van der Waals surface area contributed by atoms with Gasteiger partial charge in [0.1, 0.15) is 5.54 Å². The van der Waals surface area contributed by atoms with Crippen LogP contribution in [0.5, 0.6) is 0 Å². The van der Waals surface area contributed by atoms with Gasteiger partial charge in [0.25, 0.3) is 0 Å². The Bertz CT molecular complexity index is 443. The van der Waals surface area contributed by atoms with E-state index in [0.717, 1.165) is 45.6 Å². The summed E-state index contributed by atoms with van der Waals surface area (Å²) in [7, 11) is 0. The average Bonchev–Trinajstić information content (AvgIpc) is 2.53. The first-order valence-electron chi connectivity index (χ1n) is 8.74. The summed E-state index contributed by atoms with van der Waals surface area (Å²) >= 11 is 0. The molecule has 2 aliphatic heterocycles. The van der Waals surface area contributed by atoms with Crippen molar-refractivity contribution < 1.29 is 9.53 Å². The lowest BCUT2D eigenvalue weighted by atomic mass is 9.46. The number of ether oxygens (including phenoxy) is 1. The van der Waals surface area contributed by atoms with Crippen molar-refractivity contribution in [2.75, 3.05) is 32.8 Å². The van der Waals surface area contributed by atoms with Gasteiger partial charge in [-0.15, -0.1) is 0 Å². The van der Waals surface area contributed by atoms with Crippen molar-refractivity contribution in [2.24, 2.45) is 17.1 Å². The Morgan fingerprint density at radius 2 is 1.86 bits per heavy atom. The maximum atomic E-state index is 13.2. The van der Waals surface area contributed by atoms with Crippen molar-refractivity contribution in [3.63, 3.8) is 0 Å². The minimum Gasteiger partial charge on any atom is -0.377 e. The molecule has 1 aliphatic carbocycles. The second-order valence-electron chi connectivity index (χ2n) is 8.05. The van der Waals surface area contributed by atoms with E-state index >= 15 is 0 Å². The summed E-state index contributed by atoms with van der Waals surface area (Å²) in [5.41, 5.74) is 5.69. The molecule has 2 saturated heterocycles. The topological polar surface area (TPSA) is 58.8 Å². The van der Waals surface area contributed by atoms with Crippen LogP contribution in [0.1, 0.15) is 40.5 Å².